The van der Waals surface area contributed by atoms with E-state index in [1.54, 1.807) is 42.6 Å². The van der Waals surface area contributed by atoms with Gasteiger partial charge in [0.15, 0.2) is 0 Å². The summed E-state index contributed by atoms with van der Waals surface area (Å²) in [5, 5.41) is 15.4. The molecular formula is C22H14Cl2F3N3O. The smallest absolute Gasteiger partial charge is 0.417 e. The molecule has 1 unspecified atom stereocenters. The van der Waals surface area contributed by atoms with E-state index in [1.165, 1.54) is 6.07 Å². The first-order valence-corrected chi connectivity index (χ1v) is 9.81. The summed E-state index contributed by atoms with van der Waals surface area (Å²) in [7, 11) is 0. The van der Waals surface area contributed by atoms with Crippen LogP contribution in [0.1, 0.15) is 22.7 Å². The molecule has 1 atom stereocenters. The number of pyridine rings is 2. The first kappa shape index (κ1) is 21.2. The number of phenols is 1. The van der Waals surface area contributed by atoms with E-state index in [2.05, 4.69) is 15.3 Å². The number of aromatic nitrogens is 2. The standard InChI is InChI=1S/C22H14Cl2F3N3O/c23-16-7-4-13(10-17(16)24)19(30-18-8-5-14(11-29-18)22(25,26)27)15-6-3-12-2-1-9-28-20(12)21(15)31/h1-11,19,31H,(H,29,30). The molecule has 0 spiro atoms. The van der Waals surface area contributed by atoms with E-state index in [1.807, 2.05) is 6.07 Å². The average Bonchev–Trinajstić information content (AvgIpc) is 2.75. The van der Waals surface area contributed by atoms with Crippen molar-refractivity contribution >= 4 is 39.9 Å². The summed E-state index contributed by atoms with van der Waals surface area (Å²) in [6.07, 6.45) is -2.18. The van der Waals surface area contributed by atoms with Crippen LogP contribution in [0, 0.1) is 0 Å². The Bertz CT molecular complexity index is 1250. The van der Waals surface area contributed by atoms with Gasteiger partial charge >= 0.3 is 6.18 Å². The molecular weight excluding hydrogens is 450 g/mol. The van der Waals surface area contributed by atoms with Crippen molar-refractivity contribution in [1.29, 1.82) is 0 Å². The molecule has 0 aliphatic rings. The third kappa shape index (κ3) is 4.38. The van der Waals surface area contributed by atoms with Crippen LogP contribution < -0.4 is 5.32 Å². The lowest BCUT2D eigenvalue weighted by Crippen LogP contribution is -2.14. The Kier molecular flexibility index (Phi) is 5.64. The summed E-state index contributed by atoms with van der Waals surface area (Å²) in [6.45, 7) is 0. The Labute approximate surface area is 185 Å². The van der Waals surface area contributed by atoms with Crippen molar-refractivity contribution in [1.82, 2.24) is 9.97 Å². The fraction of sp³-hybridized carbons (Fsp3) is 0.0909. The van der Waals surface area contributed by atoms with Gasteiger partial charge in [-0.15, -0.1) is 0 Å². The molecule has 4 aromatic rings. The molecule has 2 aromatic heterocycles. The first-order chi connectivity index (χ1) is 14.7. The van der Waals surface area contributed by atoms with Crippen molar-refractivity contribution in [3.63, 3.8) is 0 Å². The number of fused-ring (bicyclic) bond motifs is 1. The van der Waals surface area contributed by atoms with Gasteiger partial charge in [0.1, 0.15) is 17.1 Å². The second-order valence-electron chi connectivity index (χ2n) is 6.76. The van der Waals surface area contributed by atoms with Crippen molar-refractivity contribution < 1.29 is 18.3 Å². The van der Waals surface area contributed by atoms with E-state index in [9.17, 15) is 18.3 Å². The number of nitrogens with one attached hydrogen (secondary N) is 1. The van der Waals surface area contributed by atoms with Gasteiger partial charge in [-0.2, -0.15) is 13.2 Å². The number of nitrogens with zero attached hydrogens (tertiary/aromatic N) is 2. The van der Waals surface area contributed by atoms with Crippen molar-refractivity contribution in [2.75, 3.05) is 5.32 Å². The fourth-order valence-electron chi connectivity index (χ4n) is 3.21. The molecule has 0 aliphatic heterocycles. The molecule has 158 valence electrons. The predicted octanol–water partition coefficient (Wildman–Crippen LogP) is 6.86. The average molecular weight is 464 g/mol. The zero-order valence-electron chi connectivity index (χ0n) is 15.7. The molecule has 0 fully saturated rings. The molecule has 2 heterocycles. The second-order valence-corrected chi connectivity index (χ2v) is 7.57. The summed E-state index contributed by atoms with van der Waals surface area (Å²) in [6, 6.07) is 13.5. The number of aromatic hydroxyl groups is 1. The number of hydrogen-bond acceptors (Lipinski definition) is 4. The van der Waals surface area contributed by atoms with E-state index in [0.29, 0.717) is 26.7 Å². The summed E-state index contributed by atoms with van der Waals surface area (Å²) < 4.78 is 38.6. The quantitative estimate of drug-likeness (QED) is 0.346. The Balaban J connectivity index is 1.80. The molecule has 0 saturated carbocycles. The monoisotopic (exact) mass is 463 g/mol. The zero-order valence-corrected chi connectivity index (χ0v) is 17.2. The van der Waals surface area contributed by atoms with Gasteiger partial charge in [0.05, 0.1) is 21.7 Å². The summed E-state index contributed by atoms with van der Waals surface area (Å²) in [5.74, 6) is 0.123. The Morgan fingerprint density at radius 2 is 1.74 bits per heavy atom. The van der Waals surface area contributed by atoms with Gasteiger partial charge in [0, 0.05) is 23.3 Å². The highest BCUT2D eigenvalue weighted by molar-refractivity contribution is 6.42. The molecule has 2 N–H and O–H groups in total. The van der Waals surface area contributed by atoms with E-state index < -0.39 is 17.8 Å². The second kappa shape index (κ2) is 8.24. The highest BCUT2D eigenvalue weighted by atomic mass is 35.5. The van der Waals surface area contributed by atoms with Crippen molar-refractivity contribution in [2.24, 2.45) is 0 Å². The van der Waals surface area contributed by atoms with Crippen LogP contribution in [0.25, 0.3) is 10.9 Å². The van der Waals surface area contributed by atoms with Crippen molar-refractivity contribution in [3.8, 4) is 5.75 Å². The highest BCUT2D eigenvalue weighted by Gasteiger charge is 2.31. The fourth-order valence-corrected chi connectivity index (χ4v) is 3.51. The van der Waals surface area contributed by atoms with Gasteiger partial charge in [-0.25, -0.2) is 4.98 Å². The first-order valence-electron chi connectivity index (χ1n) is 9.05. The number of rotatable bonds is 4. The van der Waals surface area contributed by atoms with Gasteiger partial charge < -0.3 is 10.4 Å². The number of hydrogen-bond donors (Lipinski definition) is 2. The minimum atomic E-state index is -4.49. The highest BCUT2D eigenvalue weighted by Crippen LogP contribution is 2.38. The van der Waals surface area contributed by atoms with Gasteiger partial charge in [-0.05, 0) is 35.9 Å². The van der Waals surface area contributed by atoms with E-state index >= 15 is 0 Å². The van der Waals surface area contributed by atoms with Crippen LogP contribution >= 0.6 is 23.2 Å². The minimum Gasteiger partial charge on any atom is -0.505 e. The van der Waals surface area contributed by atoms with Crippen LogP contribution in [0.4, 0.5) is 19.0 Å². The Morgan fingerprint density at radius 1 is 0.935 bits per heavy atom. The van der Waals surface area contributed by atoms with Crippen LogP contribution in [0.5, 0.6) is 5.75 Å². The number of anilines is 1. The molecule has 4 nitrogen and oxygen atoms in total. The van der Waals surface area contributed by atoms with E-state index in [0.717, 1.165) is 17.6 Å². The van der Waals surface area contributed by atoms with Crippen LogP contribution in [-0.2, 0) is 6.18 Å². The third-order valence-electron chi connectivity index (χ3n) is 4.75. The summed E-state index contributed by atoms with van der Waals surface area (Å²) in [5.41, 5.74) is 0.613. The maximum absolute atomic E-state index is 12.9. The normalized spacial score (nSPS) is 12.7. The molecule has 0 amide bonds. The third-order valence-corrected chi connectivity index (χ3v) is 5.49. The topological polar surface area (TPSA) is 58.0 Å². The zero-order chi connectivity index (χ0) is 22.2. The van der Waals surface area contributed by atoms with Crippen LogP contribution in [0.2, 0.25) is 10.0 Å². The maximum atomic E-state index is 12.9. The molecule has 0 radical (unpaired) electrons. The van der Waals surface area contributed by atoms with Crippen LogP contribution in [-0.4, -0.2) is 15.1 Å². The lowest BCUT2D eigenvalue weighted by molar-refractivity contribution is -0.137. The van der Waals surface area contributed by atoms with Crippen molar-refractivity contribution in [2.45, 2.75) is 12.2 Å². The molecule has 0 bridgehead atoms. The summed E-state index contributed by atoms with van der Waals surface area (Å²) >= 11 is 12.2. The van der Waals surface area contributed by atoms with Gasteiger partial charge in [0.25, 0.3) is 0 Å². The lowest BCUT2D eigenvalue weighted by Gasteiger charge is -2.22. The van der Waals surface area contributed by atoms with Crippen LogP contribution in [0.15, 0.2) is 67.0 Å². The number of benzene rings is 2. The van der Waals surface area contributed by atoms with Crippen LogP contribution in [0.3, 0.4) is 0 Å². The molecule has 9 heteroatoms. The maximum Gasteiger partial charge on any atom is 0.417 e. The molecule has 4 rings (SSSR count). The van der Waals surface area contributed by atoms with Gasteiger partial charge in [0.2, 0.25) is 0 Å². The molecule has 2 aromatic carbocycles. The largest absolute Gasteiger partial charge is 0.505 e. The molecule has 0 aliphatic carbocycles. The number of halogens is 5. The Hall–Kier alpha value is -3.03. The van der Waals surface area contributed by atoms with E-state index in [4.69, 9.17) is 23.2 Å². The Morgan fingerprint density at radius 3 is 2.42 bits per heavy atom. The predicted molar refractivity (Wildman–Crippen MR) is 115 cm³/mol. The number of phenolic OH excluding ortho intramolecular Hbond substituents is 1. The van der Waals surface area contributed by atoms with Crippen molar-refractivity contribution in [3.05, 3.63) is 93.7 Å². The van der Waals surface area contributed by atoms with Gasteiger partial charge in [-0.1, -0.05) is 47.5 Å². The minimum absolute atomic E-state index is 0.0615. The SMILES string of the molecule is Oc1c(C(Nc2ccc(C(F)(F)F)cn2)c2ccc(Cl)c(Cl)c2)ccc2cccnc12. The molecule has 0 saturated heterocycles. The van der Waals surface area contributed by atoms with E-state index in [-0.39, 0.29) is 11.6 Å². The molecule has 31 heavy (non-hydrogen) atoms. The van der Waals surface area contributed by atoms with Gasteiger partial charge in [-0.3, -0.25) is 4.98 Å². The lowest BCUT2D eigenvalue weighted by atomic mass is 9.96. The number of alkyl halides is 3. The summed E-state index contributed by atoms with van der Waals surface area (Å²) in [4.78, 5) is 8.11.